The number of nitrogens with zero attached hydrogens (tertiary/aromatic N) is 1. The maximum atomic E-state index is 11.3. The summed E-state index contributed by atoms with van der Waals surface area (Å²) in [5.41, 5.74) is 0.427. The molecule has 1 aromatic rings. The lowest BCUT2D eigenvalue weighted by atomic mass is 10.1. The van der Waals surface area contributed by atoms with Crippen LogP contribution in [0.4, 0.5) is 0 Å². The van der Waals surface area contributed by atoms with Crippen molar-refractivity contribution in [1.29, 1.82) is 5.26 Å². The van der Waals surface area contributed by atoms with E-state index in [4.69, 9.17) is 28.5 Å². The molecule has 1 N–H and O–H groups in total. The van der Waals surface area contributed by atoms with Crippen molar-refractivity contribution in [1.82, 2.24) is 5.32 Å². The van der Waals surface area contributed by atoms with Crippen LogP contribution in [0.15, 0.2) is 30.3 Å². The second-order valence-electron chi connectivity index (χ2n) is 2.51. The van der Waals surface area contributed by atoms with Gasteiger partial charge in [-0.2, -0.15) is 5.26 Å². The van der Waals surface area contributed by atoms with E-state index in [1.807, 2.05) is 5.32 Å². The van der Waals surface area contributed by atoms with Crippen molar-refractivity contribution in [3.8, 4) is 6.19 Å². The van der Waals surface area contributed by atoms with Gasteiger partial charge in [-0.25, -0.2) is 0 Å². The molecule has 0 fully saturated rings. The molecular formula is C9H6Cl2N2O. The highest BCUT2D eigenvalue weighted by Gasteiger charge is 2.35. The van der Waals surface area contributed by atoms with Crippen molar-refractivity contribution in [2.24, 2.45) is 0 Å². The zero-order valence-corrected chi connectivity index (χ0v) is 8.51. The van der Waals surface area contributed by atoms with Gasteiger partial charge < -0.3 is 0 Å². The van der Waals surface area contributed by atoms with Crippen molar-refractivity contribution < 1.29 is 4.79 Å². The molecule has 0 bridgehead atoms. The molecule has 0 aliphatic carbocycles. The van der Waals surface area contributed by atoms with E-state index in [0.717, 1.165) is 0 Å². The van der Waals surface area contributed by atoms with E-state index < -0.39 is 10.2 Å². The summed E-state index contributed by atoms with van der Waals surface area (Å²) in [5, 5.41) is 10.1. The monoisotopic (exact) mass is 228 g/mol. The summed E-state index contributed by atoms with van der Waals surface area (Å²) in [7, 11) is 0. The van der Waals surface area contributed by atoms with Gasteiger partial charge in [0.25, 0.3) is 5.91 Å². The minimum atomic E-state index is -1.73. The van der Waals surface area contributed by atoms with E-state index in [9.17, 15) is 4.79 Å². The lowest BCUT2D eigenvalue weighted by molar-refractivity contribution is -0.120. The second kappa shape index (κ2) is 4.32. The first-order chi connectivity index (χ1) is 6.59. The van der Waals surface area contributed by atoms with Gasteiger partial charge >= 0.3 is 0 Å². The fourth-order valence-electron chi connectivity index (χ4n) is 0.908. The molecule has 0 radical (unpaired) electrons. The Morgan fingerprint density at radius 2 is 1.93 bits per heavy atom. The molecule has 0 aliphatic heterocycles. The minimum Gasteiger partial charge on any atom is -0.270 e. The van der Waals surface area contributed by atoms with Gasteiger partial charge in [0.15, 0.2) is 6.19 Å². The number of hydrogen-bond donors (Lipinski definition) is 1. The number of carbonyl (C=O) groups excluding carboxylic acids is 1. The lowest BCUT2D eigenvalue weighted by Crippen LogP contribution is -2.33. The fourth-order valence-corrected chi connectivity index (χ4v) is 1.25. The number of alkyl halides is 2. The molecule has 72 valence electrons. The molecule has 0 aromatic heterocycles. The first-order valence-corrected chi connectivity index (χ1v) is 4.47. The number of hydrogen-bond acceptors (Lipinski definition) is 2. The summed E-state index contributed by atoms with van der Waals surface area (Å²) in [6.07, 6.45) is 1.47. The molecule has 14 heavy (non-hydrogen) atoms. The molecule has 0 unspecified atom stereocenters. The third-order valence-electron chi connectivity index (χ3n) is 1.59. The minimum absolute atomic E-state index is 0.427. The summed E-state index contributed by atoms with van der Waals surface area (Å²) < 4.78 is -1.73. The largest absolute Gasteiger partial charge is 0.274 e. The van der Waals surface area contributed by atoms with Crippen LogP contribution in [0.5, 0.6) is 0 Å². The Bertz CT molecular complexity index is 370. The van der Waals surface area contributed by atoms with Crippen LogP contribution in [0.3, 0.4) is 0 Å². The highest BCUT2D eigenvalue weighted by Crippen LogP contribution is 2.33. The Morgan fingerprint density at radius 3 is 2.43 bits per heavy atom. The SMILES string of the molecule is N#CNC(=O)C(Cl)(Cl)c1ccccc1. The van der Waals surface area contributed by atoms with Gasteiger partial charge in [-0.05, 0) is 5.56 Å². The van der Waals surface area contributed by atoms with Crippen molar-refractivity contribution >= 4 is 29.1 Å². The molecule has 1 aromatic carbocycles. The summed E-state index contributed by atoms with van der Waals surface area (Å²) >= 11 is 11.6. The zero-order chi connectivity index (χ0) is 10.6. The van der Waals surface area contributed by atoms with Crippen LogP contribution in [0.25, 0.3) is 0 Å². The smallest absolute Gasteiger partial charge is 0.270 e. The van der Waals surface area contributed by atoms with Gasteiger partial charge in [0.2, 0.25) is 4.33 Å². The van der Waals surface area contributed by atoms with Gasteiger partial charge in [-0.1, -0.05) is 53.5 Å². The second-order valence-corrected chi connectivity index (χ2v) is 3.83. The van der Waals surface area contributed by atoms with Crippen molar-refractivity contribution in [2.45, 2.75) is 4.33 Å². The van der Waals surface area contributed by atoms with Crippen LogP contribution in [0, 0.1) is 11.5 Å². The third-order valence-corrected chi connectivity index (χ3v) is 2.37. The Hall–Kier alpha value is -1.24. The van der Waals surface area contributed by atoms with Gasteiger partial charge in [0.1, 0.15) is 0 Å². The molecule has 5 heteroatoms. The lowest BCUT2D eigenvalue weighted by Gasteiger charge is -2.16. The Morgan fingerprint density at radius 1 is 1.36 bits per heavy atom. The van der Waals surface area contributed by atoms with Crippen LogP contribution >= 0.6 is 23.2 Å². The topological polar surface area (TPSA) is 52.9 Å². The highest BCUT2D eigenvalue weighted by atomic mass is 35.5. The summed E-state index contributed by atoms with van der Waals surface area (Å²) in [4.78, 5) is 11.3. The maximum absolute atomic E-state index is 11.3. The normalized spacial score (nSPS) is 10.4. The average molecular weight is 229 g/mol. The first kappa shape index (κ1) is 10.8. The summed E-state index contributed by atoms with van der Waals surface area (Å²) in [5.74, 6) is -0.755. The predicted octanol–water partition coefficient (Wildman–Crippen LogP) is 1.91. The average Bonchev–Trinajstić information content (AvgIpc) is 2.19. The van der Waals surface area contributed by atoms with Gasteiger partial charge in [0, 0.05) is 0 Å². The number of rotatable bonds is 2. The van der Waals surface area contributed by atoms with Crippen LogP contribution in [-0.4, -0.2) is 5.91 Å². The van der Waals surface area contributed by atoms with Crippen LogP contribution in [0.1, 0.15) is 5.56 Å². The van der Waals surface area contributed by atoms with Crippen molar-refractivity contribution in [3.05, 3.63) is 35.9 Å². The van der Waals surface area contributed by atoms with E-state index in [1.54, 1.807) is 30.3 Å². The first-order valence-electron chi connectivity index (χ1n) is 3.72. The fraction of sp³-hybridized carbons (Fsp3) is 0.111. The molecule has 1 amide bonds. The molecule has 0 saturated heterocycles. The Labute approximate surface area is 91.2 Å². The third kappa shape index (κ3) is 2.16. The van der Waals surface area contributed by atoms with Gasteiger partial charge in [0.05, 0.1) is 0 Å². The highest BCUT2D eigenvalue weighted by molar-refractivity contribution is 6.57. The van der Waals surface area contributed by atoms with Crippen molar-refractivity contribution in [3.63, 3.8) is 0 Å². The van der Waals surface area contributed by atoms with E-state index in [2.05, 4.69) is 0 Å². The number of amides is 1. The molecule has 0 atom stereocenters. The number of halogens is 2. The molecule has 1 rings (SSSR count). The molecule has 0 spiro atoms. The van der Waals surface area contributed by atoms with Crippen molar-refractivity contribution in [2.75, 3.05) is 0 Å². The van der Waals surface area contributed by atoms with Crippen LogP contribution < -0.4 is 5.32 Å². The summed E-state index contributed by atoms with van der Waals surface area (Å²) in [6.45, 7) is 0. The molecule has 0 heterocycles. The quantitative estimate of drug-likeness (QED) is 0.478. The Kier molecular flexibility index (Phi) is 3.34. The number of nitriles is 1. The zero-order valence-electron chi connectivity index (χ0n) is 7.00. The van der Waals surface area contributed by atoms with E-state index >= 15 is 0 Å². The standard InChI is InChI=1S/C9H6Cl2N2O/c10-9(11,8(14)13-6-12)7-4-2-1-3-5-7/h1-5H,(H,13,14). The maximum Gasteiger partial charge on any atom is 0.274 e. The van der Waals surface area contributed by atoms with E-state index in [1.165, 1.54) is 6.19 Å². The predicted molar refractivity (Wildman–Crippen MR) is 53.6 cm³/mol. The van der Waals surface area contributed by atoms with E-state index in [0.29, 0.717) is 5.56 Å². The van der Waals surface area contributed by atoms with Crippen LogP contribution in [0.2, 0.25) is 0 Å². The molecule has 3 nitrogen and oxygen atoms in total. The molecular weight excluding hydrogens is 223 g/mol. The Balaban J connectivity index is 2.97. The number of benzene rings is 1. The van der Waals surface area contributed by atoms with Gasteiger partial charge in [-0.3, -0.25) is 10.1 Å². The summed E-state index contributed by atoms with van der Waals surface area (Å²) in [6, 6.07) is 8.40. The molecule has 0 saturated carbocycles. The molecule has 0 aliphatic rings. The number of carbonyl (C=O) groups is 1. The number of nitrogens with one attached hydrogen (secondary N) is 1. The van der Waals surface area contributed by atoms with Gasteiger partial charge in [-0.15, -0.1) is 0 Å². The van der Waals surface area contributed by atoms with E-state index in [-0.39, 0.29) is 0 Å². The van der Waals surface area contributed by atoms with Crippen LogP contribution in [-0.2, 0) is 9.13 Å².